The first-order valence-corrected chi connectivity index (χ1v) is 9.99. The highest BCUT2D eigenvalue weighted by Gasteiger charge is 2.57. The van der Waals surface area contributed by atoms with Crippen LogP contribution in [0.5, 0.6) is 11.5 Å². The van der Waals surface area contributed by atoms with Gasteiger partial charge in [-0.15, -0.1) is 24.8 Å². The minimum absolute atomic E-state index is 0. The average Bonchev–Trinajstić information content (AvgIpc) is 3.43. The summed E-state index contributed by atoms with van der Waals surface area (Å²) < 4.78 is 5.97. The third-order valence-electron chi connectivity index (χ3n) is 5.98. The van der Waals surface area contributed by atoms with Crippen molar-refractivity contribution >= 4 is 42.3 Å². The van der Waals surface area contributed by atoms with E-state index in [1.54, 1.807) is 19.2 Å². The average molecular weight is 467 g/mol. The highest BCUT2D eigenvalue weighted by molar-refractivity contribution is 5.95. The van der Waals surface area contributed by atoms with E-state index in [0.29, 0.717) is 17.2 Å². The molecule has 1 aliphatic heterocycles. The topological polar surface area (TPSA) is 92.4 Å². The van der Waals surface area contributed by atoms with E-state index >= 15 is 0 Å². The van der Waals surface area contributed by atoms with Crippen LogP contribution < -0.4 is 20.7 Å². The normalized spacial score (nSPS) is 18.2. The van der Waals surface area contributed by atoms with Crippen LogP contribution in [0.25, 0.3) is 0 Å². The predicted octanol–water partition coefficient (Wildman–Crippen LogP) is 3.71. The SMILES string of the molecule is CNC(=O)c1cc(Oc2cc(NC(=O)C3CC34CCNCC4)ccc2C)ccn1.Cl.Cl. The lowest BCUT2D eigenvalue weighted by atomic mass is 9.92. The van der Waals surface area contributed by atoms with E-state index in [0.717, 1.165) is 37.9 Å². The van der Waals surface area contributed by atoms with Crippen LogP contribution in [-0.2, 0) is 4.79 Å². The van der Waals surface area contributed by atoms with Gasteiger partial charge in [0.05, 0.1) is 0 Å². The molecule has 0 bridgehead atoms. The number of ether oxygens (including phenoxy) is 1. The quantitative estimate of drug-likeness (QED) is 0.624. The third kappa shape index (κ3) is 5.47. The summed E-state index contributed by atoms with van der Waals surface area (Å²) in [6.45, 7) is 3.93. The molecule has 2 fully saturated rings. The van der Waals surface area contributed by atoms with Gasteiger partial charge in [-0.2, -0.15) is 0 Å². The number of anilines is 1. The zero-order chi connectivity index (χ0) is 20.4. The molecule has 2 aliphatic rings. The van der Waals surface area contributed by atoms with Crippen molar-refractivity contribution in [3.05, 3.63) is 47.8 Å². The Kier molecular flexibility index (Phi) is 8.28. The molecule has 1 aromatic heterocycles. The molecule has 1 atom stereocenters. The number of nitrogens with one attached hydrogen (secondary N) is 3. The van der Waals surface area contributed by atoms with Gasteiger partial charge < -0.3 is 20.7 Å². The highest BCUT2D eigenvalue weighted by Crippen LogP contribution is 2.58. The Morgan fingerprint density at radius 1 is 1.16 bits per heavy atom. The van der Waals surface area contributed by atoms with Crippen molar-refractivity contribution in [1.29, 1.82) is 0 Å². The fraction of sp³-hybridized carbons (Fsp3) is 0.409. The molecule has 9 heteroatoms. The van der Waals surface area contributed by atoms with Crippen molar-refractivity contribution in [2.45, 2.75) is 26.2 Å². The fourth-order valence-electron chi connectivity index (χ4n) is 4.07. The van der Waals surface area contributed by atoms with Crippen LogP contribution in [0.2, 0.25) is 0 Å². The fourth-order valence-corrected chi connectivity index (χ4v) is 4.07. The Balaban J connectivity index is 0.00000171. The summed E-state index contributed by atoms with van der Waals surface area (Å²) in [5, 5.41) is 8.96. The predicted molar refractivity (Wildman–Crippen MR) is 125 cm³/mol. The van der Waals surface area contributed by atoms with E-state index in [9.17, 15) is 9.59 Å². The van der Waals surface area contributed by atoms with Crippen molar-refractivity contribution in [3.8, 4) is 11.5 Å². The van der Waals surface area contributed by atoms with E-state index in [1.165, 1.54) is 6.20 Å². The number of carbonyl (C=O) groups excluding carboxylic acids is 2. The standard InChI is InChI=1S/C22H26N4O3.2ClH/c1-14-3-4-15(26-20(27)17-13-22(17)6-9-24-10-7-22)11-19(14)29-16-5-8-25-18(12-16)21(28)23-2;;/h3-5,8,11-12,17,24H,6-7,9-10,13H2,1-2H3,(H,23,28)(H,26,27);2*1H. The van der Waals surface area contributed by atoms with Crippen LogP contribution in [0, 0.1) is 18.3 Å². The van der Waals surface area contributed by atoms with Crippen molar-refractivity contribution in [2.75, 3.05) is 25.5 Å². The van der Waals surface area contributed by atoms with Crippen molar-refractivity contribution in [1.82, 2.24) is 15.6 Å². The van der Waals surface area contributed by atoms with Crippen LogP contribution in [0.15, 0.2) is 36.5 Å². The van der Waals surface area contributed by atoms with E-state index in [1.807, 2.05) is 25.1 Å². The van der Waals surface area contributed by atoms with Crippen LogP contribution in [0.1, 0.15) is 35.3 Å². The number of amides is 2. The molecule has 2 aromatic rings. The van der Waals surface area contributed by atoms with E-state index in [4.69, 9.17) is 4.74 Å². The van der Waals surface area contributed by atoms with Gasteiger partial charge in [-0.05, 0) is 62.4 Å². The number of piperidine rings is 1. The van der Waals surface area contributed by atoms with Gasteiger partial charge in [0.2, 0.25) is 5.91 Å². The molecule has 2 amide bonds. The Labute approximate surface area is 194 Å². The van der Waals surface area contributed by atoms with Crippen molar-refractivity contribution < 1.29 is 14.3 Å². The van der Waals surface area contributed by atoms with E-state index in [-0.39, 0.29) is 53.7 Å². The smallest absolute Gasteiger partial charge is 0.269 e. The number of aromatic nitrogens is 1. The molecular formula is C22H28Cl2N4O3. The summed E-state index contributed by atoms with van der Waals surface area (Å²) in [5.74, 6) is 1.06. The molecule has 1 aliphatic carbocycles. The van der Waals surface area contributed by atoms with Crippen molar-refractivity contribution in [3.63, 3.8) is 0 Å². The maximum Gasteiger partial charge on any atom is 0.269 e. The molecule has 1 aromatic carbocycles. The summed E-state index contributed by atoms with van der Waals surface area (Å²) in [5.41, 5.74) is 2.13. The molecule has 168 valence electrons. The minimum atomic E-state index is -0.274. The summed E-state index contributed by atoms with van der Waals surface area (Å²) in [4.78, 5) is 28.6. The summed E-state index contributed by atoms with van der Waals surface area (Å²) >= 11 is 0. The minimum Gasteiger partial charge on any atom is -0.457 e. The second-order valence-corrected chi connectivity index (χ2v) is 7.90. The van der Waals surface area contributed by atoms with Gasteiger partial charge >= 0.3 is 0 Å². The molecule has 3 N–H and O–H groups in total. The number of halogens is 2. The van der Waals surface area contributed by atoms with Crippen molar-refractivity contribution in [2.24, 2.45) is 11.3 Å². The van der Waals surface area contributed by atoms with Crippen LogP contribution >= 0.6 is 24.8 Å². The van der Waals surface area contributed by atoms with E-state index in [2.05, 4.69) is 20.9 Å². The Morgan fingerprint density at radius 2 is 1.90 bits per heavy atom. The Hall–Kier alpha value is -2.35. The Bertz CT molecular complexity index is 948. The first-order chi connectivity index (χ1) is 14.0. The lowest BCUT2D eigenvalue weighted by Gasteiger charge is -2.23. The molecular weight excluding hydrogens is 439 g/mol. The van der Waals surface area contributed by atoms with Gasteiger partial charge in [0.25, 0.3) is 5.91 Å². The van der Waals surface area contributed by atoms with E-state index < -0.39 is 0 Å². The number of benzene rings is 1. The summed E-state index contributed by atoms with van der Waals surface area (Å²) in [6.07, 6.45) is 4.66. The molecule has 1 saturated carbocycles. The van der Waals surface area contributed by atoms with Crippen LogP contribution in [0.4, 0.5) is 5.69 Å². The largest absolute Gasteiger partial charge is 0.457 e. The number of rotatable bonds is 5. The van der Waals surface area contributed by atoms with Gasteiger partial charge in [-0.25, -0.2) is 0 Å². The number of aryl methyl sites for hydroxylation is 1. The highest BCUT2D eigenvalue weighted by atomic mass is 35.5. The van der Waals surface area contributed by atoms with Crippen LogP contribution in [0.3, 0.4) is 0 Å². The molecule has 4 rings (SSSR count). The molecule has 1 unspecified atom stereocenters. The third-order valence-corrected chi connectivity index (χ3v) is 5.98. The summed E-state index contributed by atoms with van der Waals surface area (Å²) in [6, 6.07) is 8.92. The first kappa shape index (κ1) is 24.9. The number of carbonyl (C=O) groups is 2. The molecule has 1 saturated heterocycles. The number of hydrogen-bond donors (Lipinski definition) is 3. The number of nitrogens with zero attached hydrogens (tertiary/aromatic N) is 1. The van der Waals surface area contributed by atoms with Crippen LogP contribution in [-0.4, -0.2) is 36.9 Å². The monoisotopic (exact) mass is 466 g/mol. The zero-order valence-corrected chi connectivity index (χ0v) is 19.2. The lowest BCUT2D eigenvalue weighted by Crippen LogP contribution is -2.31. The lowest BCUT2D eigenvalue weighted by molar-refractivity contribution is -0.118. The maximum atomic E-state index is 12.7. The molecule has 0 radical (unpaired) electrons. The second kappa shape index (κ2) is 10.3. The summed E-state index contributed by atoms with van der Waals surface area (Å²) in [7, 11) is 1.56. The Morgan fingerprint density at radius 3 is 2.61 bits per heavy atom. The zero-order valence-electron chi connectivity index (χ0n) is 17.6. The molecule has 2 heterocycles. The number of hydrogen-bond acceptors (Lipinski definition) is 5. The number of pyridine rings is 1. The van der Waals surface area contributed by atoms with Gasteiger partial charge in [0, 0.05) is 37.0 Å². The molecule has 31 heavy (non-hydrogen) atoms. The van der Waals surface area contributed by atoms with Gasteiger partial charge in [-0.3, -0.25) is 14.6 Å². The maximum absolute atomic E-state index is 12.7. The first-order valence-electron chi connectivity index (χ1n) is 9.99. The van der Waals surface area contributed by atoms with Gasteiger partial charge in [-0.1, -0.05) is 6.07 Å². The molecule has 1 spiro atoms. The van der Waals surface area contributed by atoms with Gasteiger partial charge in [0.1, 0.15) is 17.2 Å². The molecule has 7 nitrogen and oxygen atoms in total. The second-order valence-electron chi connectivity index (χ2n) is 7.90. The van der Waals surface area contributed by atoms with Gasteiger partial charge in [0.15, 0.2) is 0 Å².